The number of nitrogens with zero attached hydrogens (tertiary/aromatic N) is 3. The van der Waals surface area contributed by atoms with Gasteiger partial charge < -0.3 is 9.47 Å². The van der Waals surface area contributed by atoms with Gasteiger partial charge in [0.05, 0.1) is 11.9 Å². The summed E-state index contributed by atoms with van der Waals surface area (Å²) in [4.78, 5) is 5.19. The van der Waals surface area contributed by atoms with Crippen LogP contribution >= 0.6 is 11.3 Å². The van der Waals surface area contributed by atoms with Crippen LogP contribution in [-0.2, 0) is 0 Å². The van der Waals surface area contributed by atoms with Crippen LogP contribution in [0.4, 0.5) is 0 Å². The van der Waals surface area contributed by atoms with Crippen LogP contribution in [0.1, 0.15) is 16.7 Å². The maximum absolute atomic E-state index is 5.43. The van der Waals surface area contributed by atoms with Gasteiger partial charge >= 0.3 is 0 Å². The van der Waals surface area contributed by atoms with Crippen LogP contribution < -0.4 is 14.3 Å². The molecule has 0 amide bonds. The Hall–Kier alpha value is -2.86. The van der Waals surface area contributed by atoms with E-state index in [2.05, 4.69) is 47.5 Å². The average molecular weight is 365 g/mol. The molecule has 1 aliphatic rings. The van der Waals surface area contributed by atoms with Crippen LogP contribution in [0.2, 0.25) is 0 Å². The van der Waals surface area contributed by atoms with Crippen molar-refractivity contribution in [1.82, 2.24) is 4.68 Å². The Morgan fingerprint density at radius 3 is 2.69 bits per heavy atom. The van der Waals surface area contributed by atoms with Gasteiger partial charge in [-0.25, -0.2) is 4.68 Å². The molecule has 132 valence electrons. The molecule has 4 rings (SSSR count). The lowest BCUT2D eigenvalue weighted by Crippen LogP contribution is -2.11. The van der Waals surface area contributed by atoms with E-state index in [1.54, 1.807) is 18.4 Å². The molecule has 5 nitrogen and oxygen atoms in total. The van der Waals surface area contributed by atoms with E-state index in [0.717, 1.165) is 33.1 Å². The Morgan fingerprint density at radius 2 is 1.88 bits per heavy atom. The van der Waals surface area contributed by atoms with Gasteiger partial charge in [0.1, 0.15) is 0 Å². The Morgan fingerprint density at radius 1 is 1.04 bits per heavy atom. The largest absolute Gasteiger partial charge is 0.454 e. The summed E-state index contributed by atoms with van der Waals surface area (Å²) in [6, 6.07) is 12.2. The number of aryl methyl sites for hydroxylation is 2. The van der Waals surface area contributed by atoms with E-state index in [9.17, 15) is 0 Å². The summed E-state index contributed by atoms with van der Waals surface area (Å²) in [7, 11) is 1.78. The molecular weight excluding hydrogens is 346 g/mol. The van der Waals surface area contributed by atoms with Gasteiger partial charge in [-0.15, -0.1) is 11.3 Å². The van der Waals surface area contributed by atoms with Crippen molar-refractivity contribution >= 4 is 17.6 Å². The SMILES string of the molecule is CN=c1scc(-c2ccc(C)c(C)c2)n1N=Cc1ccc2c(c1)OCO2. The van der Waals surface area contributed by atoms with Crippen LogP contribution in [0.15, 0.2) is 51.9 Å². The molecule has 0 spiro atoms. The second kappa shape index (κ2) is 6.80. The highest BCUT2D eigenvalue weighted by Gasteiger charge is 2.13. The van der Waals surface area contributed by atoms with Gasteiger partial charge in [-0.05, 0) is 54.8 Å². The maximum atomic E-state index is 5.43. The molecule has 0 radical (unpaired) electrons. The molecule has 6 heteroatoms. The highest BCUT2D eigenvalue weighted by molar-refractivity contribution is 7.07. The molecule has 0 saturated heterocycles. The summed E-state index contributed by atoms with van der Waals surface area (Å²) < 4.78 is 12.7. The summed E-state index contributed by atoms with van der Waals surface area (Å²) >= 11 is 1.57. The molecule has 0 N–H and O–H groups in total. The van der Waals surface area contributed by atoms with Gasteiger partial charge in [0.15, 0.2) is 11.5 Å². The van der Waals surface area contributed by atoms with Gasteiger partial charge in [0.2, 0.25) is 11.6 Å². The van der Waals surface area contributed by atoms with E-state index in [1.165, 1.54) is 11.1 Å². The topological polar surface area (TPSA) is 48.1 Å². The highest BCUT2D eigenvalue weighted by Crippen LogP contribution is 2.32. The molecule has 2 heterocycles. The lowest BCUT2D eigenvalue weighted by atomic mass is 10.1. The quantitative estimate of drug-likeness (QED) is 0.659. The molecule has 2 aromatic carbocycles. The minimum atomic E-state index is 0.269. The Kier molecular flexibility index (Phi) is 4.34. The van der Waals surface area contributed by atoms with Crippen molar-refractivity contribution in [2.24, 2.45) is 10.1 Å². The zero-order valence-corrected chi connectivity index (χ0v) is 15.7. The summed E-state index contributed by atoms with van der Waals surface area (Å²) in [5, 5.41) is 6.76. The molecule has 1 aliphatic heterocycles. The number of fused-ring (bicyclic) bond motifs is 1. The first kappa shape index (κ1) is 16.6. The zero-order chi connectivity index (χ0) is 18.1. The molecule has 0 aliphatic carbocycles. The highest BCUT2D eigenvalue weighted by atomic mass is 32.1. The first-order valence-corrected chi connectivity index (χ1v) is 9.18. The lowest BCUT2D eigenvalue weighted by Gasteiger charge is -2.06. The minimum Gasteiger partial charge on any atom is -0.454 e. The molecule has 0 fully saturated rings. The average Bonchev–Trinajstić information content (AvgIpc) is 3.28. The maximum Gasteiger partial charge on any atom is 0.231 e. The number of aromatic nitrogens is 1. The van der Waals surface area contributed by atoms with Crippen molar-refractivity contribution in [1.29, 1.82) is 0 Å². The van der Waals surface area contributed by atoms with E-state index in [4.69, 9.17) is 9.47 Å². The molecule has 0 bridgehead atoms. The first-order valence-electron chi connectivity index (χ1n) is 8.31. The van der Waals surface area contributed by atoms with E-state index >= 15 is 0 Å². The normalized spacial score (nSPS) is 13.7. The second-order valence-electron chi connectivity index (χ2n) is 6.10. The number of benzene rings is 2. The van der Waals surface area contributed by atoms with Crippen molar-refractivity contribution in [3.8, 4) is 22.8 Å². The lowest BCUT2D eigenvalue weighted by molar-refractivity contribution is 0.174. The third-order valence-electron chi connectivity index (χ3n) is 4.40. The first-order chi connectivity index (χ1) is 12.7. The Bertz CT molecular complexity index is 1060. The van der Waals surface area contributed by atoms with Crippen LogP contribution in [0.25, 0.3) is 11.3 Å². The number of hydrogen-bond acceptors (Lipinski definition) is 5. The molecule has 3 aromatic rings. The van der Waals surface area contributed by atoms with Crippen molar-refractivity contribution in [3.05, 3.63) is 63.3 Å². The number of hydrogen-bond donors (Lipinski definition) is 0. The summed E-state index contributed by atoms with van der Waals surface area (Å²) in [6.07, 6.45) is 1.81. The number of thiazole rings is 1. The van der Waals surface area contributed by atoms with Gasteiger partial charge in [0.25, 0.3) is 0 Å². The fourth-order valence-electron chi connectivity index (χ4n) is 2.78. The molecule has 0 unspecified atom stereocenters. The van der Waals surface area contributed by atoms with Crippen molar-refractivity contribution in [2.75, 3.05) is 13.8 Å². The summed E-state index contributed by atoms with van der Waals surface area (Å²) in [5.74, 6) is 1.52. The zero-order valence-electron chi connectivity index (χ0n) is 14.9. The summed E-state index contributed by atoms with van der Waals surface area (Å²) in [6.45, 7) is 4.51. The molecule has 0 saturated carbocycles. The monoisotopic (exact) mass is 365 g/mol. The third kappa shape index (κ3) is 3.04. The van der Waals surface area contributed by atoms with Gasteiger partial charge in [-0.1, -0.05) is 12.1 Å². The van der Waals surface area contributed by atoms with Crippen LogP contribution in [0, 0.1) is 13.8 Å². The van der Waals surface area contributed by atoms with Crippen LogP contribution in [0.3, 0.4) is 0 Å². The summed E-state index contributed by atoms with van der Waals surface area (Å²) in [5.41, 5.74) is 5.63. The molecule has 26 heavy (non-hydrogen) atoms. The Labute approximate surface area is 155 Å². The van der Waals surface area contributed by atoms with Crippen molar-refractivity contribution < 1.29 is 9.47 Å². The van der Waals surface area contributed by atoms with E-state index in [1.807, 2.05) is 29.1 Å². The van der Waals surface area contributed by atoms with Crippen molar-refractivity contribution in [3.63, 3.8) is 0 Å². The van der Waals surface area contributed by atoms with Crippen LogP contribution in [-0.4, -0.2) is 24.7 Å². The molecular formula is C20H19N3O2S. The van der Waals surface area contributed by atoms with Crippen molar-refractivity contribution in [2.45, 2.75) is 13.8 Å². The Balaban J connectivity index is 1.74. The predicted octanol–water partition coefficient (Wildman–Crippen LogP) is 3.97. The standard InChI is InChI=1S/C20H19N3O2S/c1-13-4-6-16(8-14(13)2)17-11-26-20(21-3)23(17)22-10-15-5-7-18-19(9-15)25-12-24-18/h4-11H,12H2,1-3H3. The second-order valence-corrected chi connectivity index (χ2v) is 6.93. The third-order valence-corrected chi connectivity index (χ3v) is 5.31. The number of rotatable bonds is 3. The fraction of sp³-hybridized carbons (Fsp3) is 0.200. The van der Waals surface area contributed by atoms with E-state index < -0.39 is 0 Å². The van der Waals surface area contributed by atoms with Gasteiger partial charge in [-0.2, -0.15) is 5.10 Å². The molecule has 0 atom stereocenters. The van der Waals surface area contributed by atoms with E-state index in [-0.39, 0.29) is 6.79 Å². The van der Waals surface area contributed by atoms with Crippen LogP contribution in [0.5, 0.6) is 11.5 Å². The van der Waals surface area contributed by atoms with Gasteiger partial charge in [0, 0.05) is 18.0 Å². The smallest absolute Gasteiger partial charge is 0.231 e. The fourth-order valence-corrected chi connectivity index (χ4v) is 3.58. The van der Waals surface area contributed by atoms with E-state index in [0.29, 0.717) is 0 Å². The molecule has 1 aromatic heterocycles. The minimum absolute atomic E-state index is 0.269. The number of ether oxygens (including phenoxy) is 2. The predicted molar refractivity (Wildman–Crippen MR) is 104 cm³/mol. The van der Waals surface area contributed by atoms with Gasteiger partial charge in [-0.3, -0.25) is 4.99 Å².